The number of hydrogen-bond donors (Lipinski definition) is 0. The molecule has 0 amide bonds. The molecule has 1 aliphatic heterocycles. The highest BCUT2D eigenvalue weighted by molar-refractivity contribution is 7.99. The lowest BCUT2D eigenvalue weighted by atomic mass is 9.97. The highest BCUT2D eigenvalue weighted by Crippen LogP contribution is 2.33. The summed E-state index contributed by atoms with van der Waals surface area (Å²) < 4.78 is 5.90. The van der Waals surface area contributed by atoms with Crippen LogP contribution in [0.1, 0.15) is 56.9 Å². The first-order valence-electron chi connectivity index (χ1n) is 9.98. The second-order valence-electron chi connectivity index (χ2n) is 7.44. The molecule has 2 fully saturated rings. The molecular formula is C21H30ClNO2S. The summed E-state index contributed by atoms with van der Waals surface area (Å²) in [5.74, 6) is 0.934. The minimum Gasteiger partial charge on any atom is -0.461 e. The van der Waals surface area contributed by atoms with Gasteiger partial charge < -0.3 is 9.64 Å². The molecule has 144 valence electrons. The van der Waals surface area contributed by atoms with Gasteiger partial charge in [-0.3, -0.25) is 4.79 Å². The molecule has 1 saturated carbocycles. The first kappa shape index (κ1) is 20.0. The predicted molar refractivity (Wildman–Crippen MR) is 110 cm³/mol. The van der Waals surface area contributed by atoms with Gasteiger partial charge in [-0.2, -0.15) is 0 Å². The molecule has 0 aromatic heterocycles. The standard InChI is InChI=1S/C21H30ClNO2S/c22-18-10-8-17(9-11-18)16-26-20-7-3-2-6-19(20)25-21(24)12-15-23-13-4-1-5-14-23/h8-11,19-20H,1-7,12-16H2/t19-,20-/m0/s1. The summed E-state index contributed by atoms with van der Waals surface area (Å²) in [4.78, 5) is 14.7. The van der Waals surface area contributed by atoms with E-state index in [1.165, 1.54) is 37.7 Å². The van der Waals surface area contributed by atoms with E-state index in [0.717, 1.165) is 43.3 Å². The third-order valence-electron chi connectivity index (χ3n) is 5.38. The third-order valence-corrected chi connectivity index (χ3v) is 7.10. The average molecular weight is 396 g/mol. The van der Waals surface area contributed by atoms with E-state index in [0.29, 0.717) is 11.7 Å². The zero-order valence-electron chi connectivity index (χ0n) is 15.5. The Morgan fingerprint density at radius 2 is 1.81 bits per heavy atom. The van der Waals surface area contributed by atoms with Crippen molar-refractivity contribution in [1.82, 2.24) is 4.90 Å². The number of piperidine rings is 1. The van der Waals surface area contributed by atoms with Gasteiger partial charge in [-0.05, 0) is 62.9 Å². The Bertz CT molecular complexity index is 560. The van der Waals surface area contributed by atoms with Crippen LogP contribution >= 0.6 is 23.4 Å². The zero-order chi connectivity index (χ0) is 18.2. The molecule has 3 rings (SSSR count). The van der Waals surface area contributed by atoms with Crippen LogP contribution in [0.2, 0.25) is 5.02 Å². The summed E-state index contributed by atoms with van der Waals surface area (Å²) in [5, 5.41) is 1.19. The van der Waals surface area contributed by atoms with Crippen LogP contribution < -0.4 is 0 Å². The van der Waals surface area contributed by atoms with Crippen LogP contribution in [0.25, 0.3) is 0 Å². The summed E-state index contributed by atoms with van der Waals surface area (Å²) in [6.45, 7) is 3.13. The SMILES string of the molecule is O=C(CCN1CCCCC1)O[C@H]1CCCC[C@@H]1SCc1ccc(Cl)cc1. The molecule has 2 aliphatic rings. The largest absolute Gasteiger partial charge is 0.461 e. The van der Waals surface area contributed by atoms with Gasteiger partial charge in [-0.25, -0.2) is 0 Å². The van der Waals surface area contributed by atoms with Gasteiger partial charge in [-0.1, -0.05) is 36.6 Å². The maximum absolute atomic E-state index is 12.3. The molecule has 1 aromatic carbocycles. The maximum Gasteiger partial charge on any atom is 0.307 e. The van der Waals surface area contributed by atoms with Gasteiger partial charge in [0.05, 0.1) is 6.42 Å². The second kappa shape index (κ2) is 10.6. The number of carbonyl (C=O) groups is 1. The van der Waals surface area contributed by atoms with Crippen molar-refractivity contribution in [3.63, 3.8) is 0 Å². The van der Waals surface area contributed by atoms with Crippen molar-refractivity contribution in [2.45, 2.75) is 68.5 Å². The minimum atomic E-state index is -0.0143. The van der Waals surface area contributed by atoms with Gasteiger partial charge in [0.2, 0.25) is 0 Å². The van der Waals surface area contributed by atoms with Gasteiger partial charge in [0.25, 0.3) is 0 Å². The van der Waals surface area contributed by atoms with Gasteiger partial charge >= 0.3 is 5.97 Å². The van der Waals surface area contributed by atoms with E-state index in [2.05, 4.69) is 17.0 Å². The van der Waals surface area contributed by atoms with Crippen LogP contribution in [-0.4, -0.2) is 41.9 Å². The summed E-state index contributed by atoms with van der Waals surface area (Å²) in [6, 6.07) is 8.04. The molecule has 1 saturated heterocycles. The van der Waals surface area contributed by atoms with Gasteiger partial charge in [0.1, 0.15) is 6.10 Å². The molecule has 1 aliphatic carbocycles. The van der Waals surface area contributed by atoms with Crippen LogP contribution in [0.4, 0.5) is 0 Å². The highest BCUT2D eigenvalue weighted by Gasteiger charge is 2.28. The summed E-state index contributed by atoms with van der Waals surface area (Å²) in [7, 11) is 0. The summed E-state index contributed by atoms with van der Waals surface area (Å²) in [5.41, 5.74) is 1.28. The number of rotatable bonds is 7. The molecule has 0 spiro atoms. The monoisotopic (exact) mass is 395 g/mol. The van der Waals surface area contributed by atoms with E-state index in [9.17, 15) is 4.79 Å². The molecular weight excluding hydrogens is 366 g/mol. The summed E-state index contributed by atoms with van der Waals surface area (Å²) in [6.07, 6.45) is 9.02. The second-order valence-corrected chi connectivity index (χ2v) is 9.10. The lowest BCUT2D eigenvalue weighted by Gasteiger charge is -2.31. The lowest BCUT2D eigenvalue weighted by molar-refractivity contribution is -0.150. The fourth-order valence-corrected chi connectivity index (χ4v) is 5.30. The summed E-state index contributed by atoms with van der Waals surface area (Å²) >= 11 is 7.88. The van der Waals surface area contributed by atoms with E-state index < -0.39 is 0 Å². The number of likely N-dealkylation sites (tertiary alicyclic amines) is 1. The zero-order valence-corrected chi connectivity index (χ0v) is 17.1. The Hall–Kier alpha value is -0.710. The normalized spacial score (nSPS) is 24.3. The molecule has 0 unspecified atom stereocenters. The van der Waals surface area contributed by atoms with Gasteiger partial charge in [0, 0.05) is 22.6 Å². The van der Waals surface area contributed by atoms with E-state index in [1.807, 2.05) is 23.9 Å². The minimum absolute atomic E-state index is 0.0143. The molecule has 1 aromatic rings. The van der Waals surface area contributed by atoms with Crippen molar-refractivity contribution in [3.8, 4) is 0 Å². The number of carbonyl (C=O) groups excluding carboxylic acids is 1. The van der Waals surface area contributed by atoms with Crippen LogP contribution in [0.5, 0.6) is 0 Å². The molecule has 2 atom stereocenters. The smallest absolute Gasteiger partial charge is 0.307 e. The van der Waals surface area contributed by atoms with Crippen molar-refractivity contribution >= 4 is 29.3 Å². The third kappa shape index (κ3) is 6.47. The van der Waals surface area contributed by atoms with Gasteiger partial charge in [0.15, 0.2) is 0 Å². The Morgan fingerprint density at radius 3 is 2.58 bits per heavy atom. The maximum atomic E-state index is 12.3. The molecule has 3 nitrogen and oxygen atoms in total. The topological polar surface area (TPSA) is 29.5 Å². The molecule has 0 bridgehead atoms. The van der Waals surface area contributed by atoms with E-state index in [-0.39, 0.29) is 12.1 Å². The van der Waals surface area contributed by atoms with E-state index >= 15 is 0 Å². The van der Waals surface area contributed by atoms with Gasteiger partial charge in [-0.15, -0.1) is 11.8 Å². The fraction of sp³-hybridized carbons (Fsp3) is 0.667. The molecule has 0 N–H and O–H groups in total. The first-order chi connectivity index (χ1) is 12.7. The average Bonchev–Trinajstić information content (AvgIpc) is 2.68. The van der Waals surface area contributed by atoms with Crippen LogP contribution in [0, 0.1) is 0 Å². The number of nitrogens with zero attached hydrogens (tertiary/aromatic N) is 1. The van der Waals surface area contributed by atoms with E-state index in [1.54, 1.807) is 0 Å². The first-order valence-corrected chi connectivity index (χ1v) is 11.4. The lowest BCUT2D eigenvalue weighted by Crippen LogP contribution is -2.35. The Balaban J connectivity index is 1.43. The molecule has 0 radical (unpaired) electrons. The number of hydrogen-bond acceptors (Lipinski definition) is 4. The van der Waals surface area contributed by atoms with Crippen molar-refractivity contribution in [3.05, 3.63) is 34.9 Å². The fourth-order valence-electron chi connectivity index (χ4n) is 3.83. The van der Waals surface area contributed by atoms with Crippen molar-refractivity contribution in [2.75, 3.05) is 19.6 Å². The number of thioether (sulfide) groups is 1. The molecule has 26 heavy (non-hydrogen) atoms. The number of benzene rings is 1. The molecule has 5 heteroatoms. The van der Waals surface area contributed by atoms with Crippen LogP contribution in [0.3, 0.4) is 0 Å². The quantitative estimate of drug-likeness (QED) is 0.585. The molecule has 1 heterocycles. The Kier molecular flexibility index (Phi) is 8.15. The van der Waals surface area contributed by atoms with Crippen molar-refractivity contribution in [2.24, 2.45) is 0 Å². The van der Waals surface area contributed by atoms with Crippen LogP contribution in [-0.2, 0) is 15.3 Å². The van der Waals surface area contributed by atoms with Crippen molar-refractivity contribution < 1.29 is 9.53 Å². The predicted octanol–water partition coefficient (Wildman–Crippen LogP) is 5.30. The van der Waals surface area contributed by atoms with Crippen LogP contribution in [0.15, 0.2) is 24.3 Å². The van der Waals surface area contributed by atoms with E-state index in [4.69, 9.17) is 16.3 Å². The highest BCUT2D eigenvalue weighted by atomic mass is 35.5. The number of ether oxygens (including phenoxy) is 1. The Labute approximate surface area is 166 Å². The number of esters is 1. The Morgan fingerprint density at radius 1 is 1.08 bits per heavy atom. The number of halogens is 1. The van der Waals surface area contributed by atoms with Crippen molar-refractivity contribution in [1.29, 1.82) is 0 Å².